The summed E-state index contributed by atoms with van der Waals surface area (Å²) >= 11 is 0. The molecule has 1 aromatic carbocycles. The van der Waals surface area contributed by atoms with Gasteiger partial charge in [0.15, 0.2) is 0 Å². The monoisotopic (exact) mass is 321 g/mol. The molecule has 1 aromatic rings. The van der Waals surface area contributed by atoms with Crippen molar-refractivity contribution in [1.82, 2.24) is 4.90 Å². The largest absolute Gasteiger partial charge is 0.481 e. The standard InChI is InChI=1S/C17H20FNO4/c18-17-9-5-4-8-16(17,14(20)21)11-19(12-17)15(22)23-10-13-6-2-1-3-7-13/h1-3,6-7H,4-5,8-12H2,(H,20,21)/t16-,17-/m0/s1. The predicted molar refractivity (Wildman–Crippen MR) is 80.6 cm³/mol. The molecular formula is C17H20FNO4. The highest BCUT2D eigenvalue weighted by Crippen LogP contribution is 2.52. The quantitative estimate of drug-likeness (QED) is 0.929. The molecule has 1 saturated heterocycles. The topological polar surface area (TPSA) is 66.8 Å². The molecule has 0 bridgehead atoms. The number of rotatable bonds is 3. The molecule has 1 aliphatic carbocycles. The number of hydrogen-bond acceptors (Lipinski definition) is 3. The Labute approximate surface area is 134 Å². The van der Waals surface area contributed by atoms with Gasteiger partial charge >= 0.3 is 12.1 Å². The van der Waals surface area contributed by atoms with Crippen molar-refractivity contribution in [3.63, 3.8) is 0 Å². The van der Waals surface area contributed by atoms with E-state index in [1.165, 1.54) is 4.90 Å². The van der Waals surface area contributed by atoms with E-state index < -0.39 is 23.1 Å². The number of alkyl halides is 1. The van der Waals surface area contributed by atoms with Crippen LogP contribution in [-0.4, -0.2) is 40.8 Å². The van der Waals surface area contributed by atoms with Gasteiger partial charge in [0, 0.05) is 6.54 Å². The third-order valence-corrected chi connectivity index (χ3v) is 5.06. The highest BCUT2D eigenvalue weighted by molar-refractivity contribution is 5.80. The van der Waals surface area contributed by atoms with E-state index in [1.807, 2.05) is 30.3 Å². The SMILES string of the molecule is O=C(OCc1ccccc1)N1C[C@@]2(F)CCCC[C@@]2(C(=O)O)C1. The van der Waals surface area contributed by atoms with Gasteiger partial charge in [-0.3, -0.25) is 4.79 Å². The molecule has 6 heteroatoms. The van der Waals surface area contributed by atoms with E-state index in [0.29, 0.717) is 12.8 Å². The van der Waals surface area contributed by atoms with Gasteiger partial charge in [0.1, 0.15) is 17.7 Å². The van der Waals surface area contributed by atoms with Crippen molar-refractivity contribution in [2.75, 3.05) is 13.1 Å². The van der Waals surface area contributed by atoms with Crippen LogP contribution in [0.15, 0.2) is 30.3 Å². The average molecular weight is 321 g/mol. The average Bonchev–Trinajstić information content (AvgIpc) is 2.88. The molecule has 1 heterocycles. The molecule has 2 aliphatic rings. The van der Waals surface area contributed by atoms with E-state index >= 15 is 4.39 Å². The first-order valence-corrected chi connectivity index (χ1v) is 7.85. The van der Waals surface area contributed by atoms with Crippen molar-refractivity contribution in [1.29, 1.82) is 0 Å². The molecule has 2 fully saturated rings. The highest BCUT2D eigenvalue weighted by atomic mass is 19.1. The van der Waals surface area contributed by atoms with Gasteiger partial charge in [-0.15, -0.1) is 0 Å². The fourth-order valence-electron chi connectivity index (χ4n) is 3.74. The number of carboxylic acids is 1. The number of benzene rings is 1. The van der Waals surface area contributed by atoms with Crippen LogP contribution in [0.5, 0.6) is 0 Å². The van der Waals surface area contributed by atoms with E-state index in [2.05, 4.69) is 0 Å². The van der Waals surface area contributed by atoms with Crippen LogP contribution in [0.25, 0.3) is 0 Å². The molecule has 2 atom stereocenters. The number of aliphatic carboxylic acids is 1. The Morgan fingerprint density at radius 1 is 1.17 bits per heavy atom. The molecule has 5 nitrogen and oxygen atoms in total. The van der Waals surface area contributed by atoms with E-state index in [0.717, 1.165) is 5.56 Å². The first kappa shape index (κ1) is 15.8. The molecular weight excluding hydrogens is 301 g/mol. The van der Waals surface area contributed by atoms with Gasteiger partial charge in [0.25, 0.3) is 0 Å². The lowest BCUT2D eigenvalue weighted by Gasteiger charge is -2.39. The van der Waals surface area contributed by atoms with Crippen LogP contribution in [0.3, 0.4) is 0 Å². The Hall–Kier alpha value is -2.11. The number of fused-ring (bicyclic) bond motifs is 1. The third-order valence-electron chi connectivity index (χ3n) is 5.06. The van der Waals surface area contributed by atoms with Gasteiger partial charge < -0.3 is 14.7 Å². The lowest BCUT2D eigenvalue weighted by atomic mass is 9.66. The van der Waals surface area contributed by atoms with Crippen molar-refractivity contribution < 1.29 is 23.8 Å². The molecule has 1 amide bonds. The Balaban J connectivity index is 1.70. The third kappa shape index (κ3) is 2.66. The molecule has 1 N–H and O–H groups in total. The number of ether oxygens (including phenoxy) is 1. The molecule has 3 rings (SSSR count). The van der Waals surface area contributed by atoms with E-state index in [9.17, 15) is 14.7 Å². The van der Waals surface area contributed by atoms with Crippen LogP contribution in [0.4, 0.5) is 9.18 Å². The van der Waals surface area contributed by atoms with Crippen LogP contribution < -0.4 is 0 Å². The van der Waals surface area contributed by atoms with E-state index in [1.54, 1.807) is 0 Å². The highest BCUT2D eigenvalue weighted by Gasteiger charge is 2.65. The number of nitrogens with zero attached hydrogens (tertiary/aromatic N) is 1. The summed E-state index contributed by atoms with van der Waals surface area (Å²) in [6, 6.07) is 9.19. The van der Waals surface area contributed by atoms with Crippen molar-refractivity contribution >= 4 is 12.1 Å². The Morgan fingerprint density at radius 3 is 2.52 bits per heavy atom. The van der Waals surface area contributed by atoms with E-state index in [-0.39, 0.29) is 32.5 Å². The minimum atomic E-state index is -1.86. The zero-order chi connectivity index (χ0) is 16.5. The van der Waals surface area contributed by atoms with Gasteiger partial charge in [-0.05, 0) is 18.4 Å². The number of carboxylic acid groups (broad SMARTS) is 1. The van der Waals surface area contributed by atoms with Crippen LogP contribution in [0, 0.1) is 5.41 Å². The van der Waals surface area contributed by atoms with Gasteiger partial charge in [0.05, 0.1) is 6.54 Å². The molecule has 124 valence electrons. The van der Waals surface area contributed by atoms with Gasteiger partial charge in [-0.2, -0.15) is 0 Å². The number of amides is 1. The summed E-state index contributed by atoms with van der Waals surface area (Å²) in [7, 11) is 0. The van der Waals surface area contributed by atoms with Crippen molar-refractivity contribution in [3.8, 4) is 0 Å². The molecule has 0 spiro atoms. The zero-order valence-electron chi connectivity index (χ0n) is 12.8. The molecule has 23 heavy (non-hydrogen) atoms. The summed E-state index contributed by atoms with van der Waals surface area (Å²) in [6.07, 6.45) is 1.12. The Bertz CT molecular complexity index is 608. The number of halogens is 1. The predicted octanol–water partition coefficient (Wildman–Crippen LogP) is 2.99. The van der Waals surface area contributed by atoms with Gasteiger partial charge in [-0.25, -0.2) is 9.18 Å². The van der Waals surface area contributed by atoms with Crippen molar-refractivity contribution in [3.05, 3.63) is 35.9 Å². The lowest BCUT2D eigenvalue weighted by Crippen LogP contribution is -2.51. The van der Waals surface area contributed by atoms with Crippen molar-refractivity contribution in [2.24, 2.45) is 5.41 Å². The number of carbonyl (C=O) groups is 2. The maximum absolute atomic E-state index is 15.2. The Kier molecular flexibility index (Phi) is 4.00. The van der Waals surface area contributed by atoms with E-state index in [4.69, 9.17) is 4.74 Å². The summed E-state index contributed by atoms with van der Waals surface area (Å²) in [4.78, 5) is 25.1. The number of likely N-dealkylation sites (tertiary alicyclic amines) is 1. The second-order valence-corrected chi connectivity index (χ2v) is 6.46. The lowest BCUT2D eigenvalue weighted by molar-refractivity contribution is -0.159. The zero-order valence-corrected chi connectivity index (χ0v) is 12.8. The first-order chi connectivity index (χ1) is 11.0. The first-order valence-electron chi connectivity index (χ1n) is 7.85. The van der Waals surface area contributed by atoms with Crippen molar-refractivity contribution in [2.45, 2.75) is 38.0 Å². The van der Waals surface area contributed by atoms with Gasteiger partial charge in [-0.1, -0.05) is 43.2 Å². The Morgan fingerprint density at radius 2 is 1.87 bits per heavy atom. The summed E-state index contributed by atoms with van der Waals surface area (Å²) in [6.45, 7) is -0.227. The normalized spacial score (nSPS) is 29.9. The molecule has 1 aliphatic heterocycles. The minimum Gasteiger partial charge on any atom is -0.481 e. The fraction of sp³-hybridized carbons (Fsp3) is 0.529. The molecule has 0 radical (unpaired) electrons. The van der Waals surface area contributed by atoms with Crippen LogP contribution >= 0.6 is 0 Å². The molecule has 1 saturated carbocycles. The van der Waals surface area contributed by atoms with Gasteiger partial charge in [0.2, 0.25) is 0 Å². The minimum absolute atomic E-state index is 0.0928. The second kappa shape index (κ2) is 5.83. The second-order valence-electron chi connectivity index (χ2n) is 6.46. The maximum Gasteiger partial charge on any atom is 0.410 e. The summed E-state index contributed by atoms with van der Waals surface area (Å²) in [5.74, 6) is -1.15. The molecule has 0 unspecified atom stereocenters. The summed E-state index contributed by atoms with van der Waals surface area (Å²) in [5.41, 5.74) is -2.51. The maximum atomic E-state index is 15.2. The number of carbonyl (C=O) groups excluding carboxylic acids is 1. The van der Waals surface area contributed by atoms with Crippen LogP contribution in [-0.2, 0) is 16.1 Å². The van der Waals surface area contributed by atoms with Crippen LogP contribution in [0.1, 0.15) is 31.2 Å². The molecule has 0 aromatic heterocycles. The summed E-state index contributed by atoms with van der Waals surface area (Å²) in [5, 5.41) is 9.55. The smallest absolute Gasteiger partial charge is 0.410 e. The fourth-order valence-corrected chi connectivity index (χ4v) is 3.74. The number of hydrogen-bond donors (Lipinski definition) is 1. The van der Waals surface area contributed by atoms with Crippen LogP contribution in [0.2, 0.25) is 0 Å². The summed E-state index contributed by atoms with van der Waals surface area (Å²) < 4.78 is 20.4.